The molecule has 0 bridgehead atoms. The van der Waals surface area contributed by atoms with Crippen molar-refractivity contribution in [1.82, 2.24) is 4.90 Å². The number of carbonyl (C=O) groups excluding carboxylic acids is 2. The summed E-state index contributed by atoms with van der Waals surface area (Å²) in [6, 6.07) is 6.97. The predicted molar refractivity (Wildman–Crippen MR) is 70.3 cm³/mol. The van der Waals surface area contributed by atoms with Gasteiger partial charge in [0.2, 0.25) is 6.41 Å². The van der Waals surface area contributed by atoms with Gasteiger partial charge in [0.1, 0.15) is 11.4 Å². The Labute approximate surface area is 116 Å². The SMILES string of the molecule is N#Cc1ccc2c(c1)C(=O)CC1(CCN(C=O)CC1)O2. The number of Topliss-reactive ketones (excluding diaryl/α,β-unsaturated/α-hetero) is 1. The lowest BCUT2D eigenvalue weighted by atomic mass is 9.82. The molecule has 0 atom stereocenters. The molecule has 0 unspecified atom stereocenters. The van der Waals surface area contributed by atoms with Gasteiger partial charge < -0.3 is 9.64 Å². The van der Waals surface area contributed by atoms with Gasteiger partial charge in [-0.1, -0.05) is 0 Å². The maximum Gasteiger partial charge on any atom is 0.209 e. The number of hydrogen-bond donors (Lipinski definition) is 0. The van der Waals surface area contributed by atoms with Crippen LogP contribution in [0, 0.1) is 11.3 Å². The van der Waals surface area contributed by atoms with Crippen molar-refractivity contribution in [2.75, 3.05) is 13.1 Å². The Morgan fingerprint density at radius 3 is 2.75 bits per heavy atom. The molecule has 2 aliphatic heterocycles. The molecule has 0 aromatic heterocycles. The third-order valence-corrected chi connectivity index (χ3v) is 4.08. The number of benzene rings is 1. The average molecular weight is 270 g/mol. The number of piperidine rings is 1. The molecule has 0 N–H and O–H groups in total. The van der Waals surface area contributed by atoms with E-state index in [9.17, 15) is 9.59 Å². The molecule has 5 nitrogen and oxygen atoms in total. The van der Waals surface area contributed by atoms with Crippen LogP contribution in [0.1, 0.15) is 35.2 Å². The summed E-state index contributed by atoms with van der Waals surface area (Å²) >= 11 is 0. The molecule has 1 fully saturated rings. The highest BCUT2D eigenvalue weighted by atomic mass is 16.5. The number of hydrogen-bond acceptors (Lipinski definition) is 4. The van der Waals surface area contributed by atoms with Gasteiger partial charge in [-0.05, 0) is 18.2 Å². The van der Waals surface area contributed by atoms with Crippen LogP contribution in [0.15, 0.2) is 18.2 Å². The zero-order valence-electron chi connectivity index (χ0n) is 11.0. The molecule has 5 heteroatoms. The van der Waals surface area contributed by atoms with E-state index < -0.39 is 5.60 Å². The van der Waals surface area contributed by atoms with E-state index >= 15 is 0 Å². The van der Waals surface area contributed by atoms with E-state index in [0.29, 0.717) is 49.2 Å². The van der Waals surface area contributed by atoms with Crippen molar-refractivity contribution >= 4 is 12.2 Å². The molecule has 1 aromatic carbocycles. The van der Waals surface area contributed by atoms with E-state index in [4.69, 9.17) is 10.00 Å². The van der Waals surface area contributed by atoms with E-state index in [0.717, 1.165) is 6.41 Å². The smallest absolute Gasteiger partial charge is 0.209 e. The van der Waals surface area contributed by atoms with Crippen molar-refractivity contribution in [3.8, 4) is 11.8 Å². The lowest BCUT2D eigenvalue weighted by molar-refractivity contribution is -0.121. The van der Waals surface area contributed by atoms with Crippen molar-refractivity contribution in [3.05, 3.63) is 29.3 Å². The van der Waals surface area contributed by atoms with Crippen molar-refractivity contribution in [2.45, 2.75) is 24.9 Å². The summed E-state index contributed by atoms with van der Waals surface area (Å²) in [6.45, 7) is 1.23. The molecule has 102 valence electrons. The number of nitrogens with zero attached hydrogens (tertiary/aromatic N) is 2. The molecule has 1 saturated heterocycles. The van der Waals surface area contributed by atoms with Gasteiger partial charge in [-0.3, -0.25) is 9.59 Å². The monoisotopic (exact) mass is 270 g/mol. The highest BCUT2D eigenvalue weighted by Crippen LogP contribution is 2.39. The Bertz CT molecular complexity index is 610. The number of rotatable bonds is 1. The van der Waals surface area contributed by atoms with Gasteiger partial charge >= 0.3 is 0 Å². The summed E-state index contributed by atoms with van der Waals surface area (Å²) in [6.07, 6.45) is 2.49. The highest BCUT2D eigenvalue weighted by molar-refractivity contribution is 6.00. The third-order valence-electron chi connectivity index (χ3n) is 4.08. The van der Waals surface area contributed by atoms with Crippen LogP contribution in [0.4, 0.5) is 0 Å². The first-order chi connectivity index (χ1) is 9.65. The summed E-state index contributed by atoms with van der Waals surface area (Å²) in [7, 11) is 0. The molecular weight excluding hydrogens is 256 g/mol. The zero-order valence-corrected chi connectivity index (χ0v) is 11.0. The van der Waals surface area contributed by atoms with Crippen LogP contribution in [0.3, 0.4) is 0 Å². The van der Waals surface area contributed by atoms with Crippen molar-refractivity contribution in [2.24, 2.45) is 0 Å². The molecule has 0 aliphatic carbocycles. The number of likely N-dealkylation sites (tertiary alicyclic amines) is 1. The summed E-state index contributed by atoms with van der Waals surface area (Å²) in [5.41, 5.74) is 0.470. The number of nitriles is 1. The van der Waals surface area contributed by atoms with E-state index in [1.54, 1.807) is 23.1 Å². The number of ether oxygens (including phenoxy) is 1. The first-order valence-corrected chi connectivity index (χ1v) is 6.61. The average Bonchev–Trinajstić information content (AvgIpc) is 2.48. The maximum atomic E-state index is 12.3. The van der Waals surface area contributed by atoms with E-state index in [2.05, 4.69) is 0 Å². The second kappa shape index (κ2) is 4.64. The van der Waals surface area contributed by atoms with Gasteiger partial charge in [-0.2, -0.15) is 5.26 Å². The summed E-state index contributed by atoms with van der Waals surface area (Å²) in [5.74, 6) is 0.572. The Hall–Kier alpha value is -2.35. The zero-order chi connectivity index (χ0) is 14.2. The van der Waals surface area contributed by atoms with Crippen LogP contribution in [-0.4, -0.2) is 35.8 Å². The van der Waals surface area contributed by atoms with Crippen LogP contribution in [0.5, 0.6) is 5.75 Å². The predicted octanol–water partition coefficient (Wildman–Crippen LogP) is 1.51. The molecule has 0 radical (unpaired) electrons. The quantitative estimate of drug-likeness (QED) is 0.725. The molecule has 1 aromatic rings. The fraction of sp³-hybridized carbons (Fsp3) is 0.400. The molecule has 0 saturated carbocycles. The Kier molecular flexibility index (Phi) is 2.94. The molecule has 2 aliphatic rings. The second-order valence-electron chi connectivity index (χ2n) is 5.35. The van der Waals surface area contributed by atoms with Crippen molar-refractivity contribution < 1.29 is 14.3 Å². The second-order valence-corrected chi connectivity index (χ2v) is 5.35. The van der Waals surface area contributed by atoms with Gasteiger partial charge in [0.15, 0.2) is 5.78 Å². The third kappa shape index (κ3) is 2.03. The normalized spacial score (nSPS) is 19.9. The molecule has 1 amide bonds. The van der Waals surface area contributed by atoms with Crippen LogP contribution < -0.4 is 4.74 Å². The molecule has 2 heterocycles. The summed E-state index contributed by atoms with van der Waals surface area (Å²) in [5, 5.41) is 8.88. The summed E-state index contributed by atoms with van der Waals surface area (Å²) < 4.78 is 6.05. The topological polar surface area (TPSA) is 70.4 Å². The van der Waals surface area contributed by atoms with Crippen molar-refractivity contribution in [1.29, 1.82) is 5.26 Å². The van der Waals surface area contributed by atoms with E-state index in [1.807, 2.05) is 6.07 Å². The summed E-state index contributed by atoms with van der Waals surface area (Å²) in [4.78, 5) is 24.8. The minimum absolute atomic E-state index is 0.0166. The molecule has 1 spiro atoms. The number of ketones is 1. The van der Waals surface area contributed by atoms with Gasteiger partial charge in [0.25, 0.3) is 0 Å². The van der Waals surface area contributed by atoms with Crippen LogP contribution in [0.25, 0.3) is 0 Å². The number of fused-ring (bicyclic) bond motifs is 1. The Balaban J connectivity index is 1.88. The van der Waals surface area contributed by atoms with Gasteiger partial charge in [0, 0.05) is 25.9 Å². The molecule has 20 heavy (non-hydrogen) atoms. The van der Waals surface area contributed by atoms with E-state index in [-0.39, 0.29) is 5.78 Å². The lowest BCUT2D eigenvalue weighted by Gasteiger charge is -2.43. The minimum atomic E-state index is -0.488. The standard InChI is InChI=1S/C15H14N2O3/c16-9-11-1-2-14-12(7-11)13(19)8-15(20-14)3-5-17(10-18)6-4-15/h1-2,7,10H,3-6,8H2. The highest BCUT2D eigenvalue weighted by Gasteiger charge is 2.42. The van der Waals surface area contributed by atoms with Gasteiger partial charge in [-0.15, -0.1) is 0 Å². The lowest BCUT2D eigenvalue weighted by Crippen LogP contribution is -2.50. The van der Waals surface area contributed by atoms with Crippen LogP contribution in [0.2, 0.25) is 0 Å². The minimum Gasteiger partial charge on any atom is -0.486 e. The molecular formula is C15H14N2O3. The first-order valence-electron chi connectivity index (χ1n) is 6.61. The van der Waals surface area contributed by atoms with E-state index in [1.165, 1.54) is 0 Å². The first kappa shape index (κ1) is 12.7. The fourth-order valence-corrected chi connectivity index (χ4v) is 2.88. The largest absolute Gasteiger partial charge is 0.486 e. The number of carbonyl (C=O) groups is 2. The van der Waals surface area contributed by atoms with Gasteiger partial charge in [-0.25, -0.2) is 0 Å². The van der Waals surface area contributed by atoms with Crippen LogP contribution in [-0.2, 0) is 4.79 Å². The van der Waals surface area contributed by atoms with Crippen LogP contribution >= 0.6 is 0 Å². The fourth-order valence-electron chi connectivity index (χ4n) is 2.88. The van der Waals surface area contributed by atoms with Gasteiger partial charge in [0.05, 0.1) is 23.6 Å². The maximum absolute atomic E-state index is 12.3. The molecule has 3 rings (SSSR count). The van der Waals surface area contributed by atoms with Crippen molar-refractivity contribution in [3.63, 3.8) is 0 Å². The number of amides is 1. The Morgan fingerprint density at radius 1 is 1.35 bits per heavy atom. The Morgan fingerprint density at radius 2 is 2.10 bits per heavy atom.